The van der Waals surface area contributed by atoms with Gasteiger partial charge in [0, 0.05) is 31.8 Å². The Bertz CT molecular complexity index is 269. The summed E-state index contributed by atoms with van der Waals surface area (Å²) >= 11 is 0. The Morgan fingerprint density at radius 1 is 1.25 bits per heavy atom. The summed E-state index contributed by atoms with van der Waals surface area (Å²) < 4.78 is 5.59. The van der Waals surface area contributed by atoms with E-state index in [-0.39, 0.29) is 5.54 Å². The molecule has 20 heavy (non-hydrogen) atoms. The van der Waals surface area contributed by atoms with Crippen LogP contribution in [0.5, 0.6) is 0 Å². The minimum absolute atomic E-state index is 0.201. The zero-order valence-electron chi connectivity index (χ0n) is 14.6. The summed E-state index contributed by atoms with van der Waals surface area (Å²) in [5.74, 6) is 0.727. The van der Waals surface area contributed by atoms with Gasteiger partial charge in [0.15, 0.2) is 0 Å². The van der Waals surface area contributed by atoms with Crippen molar-refractivity contribution in [2.75, 3.05) is 39.9 Å². The van der Waals surface area contributed by atoms with Crippen LogP contribution in [-0.2, 0) is 4.74 Å². The number of hydrogen-bond acceptors (Lipinski definition) is 3. The molecule has 0 bridgehead atoms. The van der Waals surface area contributed by atoms with Crippen molar-refractivity contribution in [1.82, 2.24) is 10.2 Å². The highest BCUT2D eigenvalue weighted by atomic mass is 16.5. The van der Waals surface area contributed by atoms with Gasteiger partial charge in [0.1, 0.15) is 0 Å². The van der Waals surface area contributed by atoms with E-state index in [1.54, 1.807) is 0 Å². The summed E-state index contributed by atoms with van der Waals surface area (Å²) in [7, 11) is 2.26. The Morgan fingerprint density at radius 2 is 1.95 bits per heavy atom. The second-order valence-electron chi connectivity index (χ2n) is 8.05. The van der Waals surface area contributed by atoms with Crippen molar-refractivity contribution in [3.05, 3.63) is 0 Å². The molecule has 3 nitrogen and oxygen atoms in total. The highest BCUT2D eigenvalue weighted by molar-refractivity contribution is 4.83. The van der Waals surface area contributed by atoms with Crippen LogP contribution in [0.2, 0.25) is 0 Å². The highest BCUT2D eigenvalue weighted by Crippen LogP contribution is 2.23. The van der Waals surface area contributed by atoms with Gasteiger partial charge in [-0.1, -0.05) is 13.8 Å². The molecule has 0 aliphatic carbocycles. The normalized spacial score (nSPS) is 23.9. The maximum atomic E-state index is 5.59. The van der Waals surface area contributed by atoms with Crippen LogP contribution in [0.4, 0.5) is 0 Å². The molecule has 120 valence electrons. The Balaban J connectivity index is 2.40. The second-order valence-corrected chi connectivity index (χ2v) is 8.05. The first kappa shape index (κ1) is 17.9. The number of ether oxygens (including phenoxy) is 1. The molecule has 0 aromatic rings. The number of hydrogen-bond donors (Lipinski definition) is 1. The lowest BCUT2D eigenvalue weighted by Crippen LogP contribution is -2.47. The van der Waals surface area contributed by atoms with E-state index in [0.717, 1.165) is 32.2 Å². The lowest BCUT2D eigenvalue weighted by atomic mass is 9.85. The third-order valence-electron chi connectivity index (χ3n) is 4.38. The van der Waals surface area contributed by atoms with Crippen LogP contribution in [0.25, 0.3) is 0 Å². The lowest BCUT2D eigenvalue weighted by molar-refractivity contribution is 0.0357. The summed E-state index contributed by atoms with van der Waals surface area (Å²) in [4.78, 5) is 2.51. The van der Waals surface area contributed by atoms with E-state index in [4.69, 9.17) is 4.74 Å². The minimum Gasteiger partial charge on any atom is -0.381 e. The second kappa shape index (κ2) is 7.77. The number of nitrogens with one attached hydrogen (secondary N) is 1. The van der Waals surface area contributed by atoms with Crippen LogP contribution in [-0.4, -0.2) is 50.3 Å². The molecule has 1 N–H and O–H groups in total. The zero-order chi connectivity index (χ0) is 15.2. The summed E-state index contributed by atoms with van der Waals surface area (Å²) in [6, 6.07) is 0. The maximum Gasteiger partial charge on any atom is 0.0506 e. The molecule has 3 heteroatoms. The van der Waals surface area contributed by atoms with Gasteiger partial charge in [-0.25, -0.2) is 0 Å². The summed E-state index contributed by atoms with van der Waals surface area (Å²) in [6.07, 6.45) is 3.77. The largest absolute Gasteiger partial charge is 0.381 e. The van der Waals surface area contributed by atoms with E-state index in [9.17, 15) is 0 Å². The van der Waals surface area contributed by atoms with Gasteiger partial charge in [-0.2, -0.15) is 0 Å². The van der Waals surface area contributed by atoms with Crippen molar-refractivity contribution in [3.63, 3.8) is 0 Å². The molecule has 1 heterocycles. The van der Waals surface area contributed by atoms with E-state index in [2.05, 4.69) is 51.9 Å². The fourth-order valence-corrected chi connectivity index (χ4v) is 2.88. The van der Waals surface area contributed by atoms with Gasteiger partial charge in [0.2, 0.25) is 0 Å². The Hall–Kier alpha value is -0.120. The minimum atomic E-state index is 0.201. The van der Waals surface area contributed by atoms with Gasteiger partial charge in [0.05, 0.1) is 6.61 Å². The van der Waals surface area contributed by atoms with E-state index in [0.29, 0.717) is 5.41 Å². The standard InChI is InChI=1S/C17H36N2O/c1-7-17(5,13-18-16(2,3)4)14-19(6)11-15-9-8-10-20-12-15/h15,18H,7-14H2,1-6H3. The molecule has 0 saturated carbocycles. The third kappa shape index (κ3) is 7.05. The smallest absolute Gasteiger partial charge is 0.0506 e. The van der Waals surface area contributed by atoms with Gasteiger partial charge in [0.25, 0.3) is 0 Å². The van der Waals surface area contributed by atoms with Crippen LogP contribution in [0.3, 0.4) is 0 Å². The van der Waals surface area contributed by atoms with Crippen molar-refractivity contribution in [2.24, 2.45) is 11.3 Å². The topological polar surface area (TPSA) is 24.5 Å². The molecule has 1 aliphatic rings. The Morgan fingerprint density at radius 3 is 2.45 bits per heavy atom. The third-order valence-corrected chi connectivity index (χ3v) is 4.38. The maximum absolute atomic E-state index is 5.59. The Labute approximate surface area is 126 Å². The number of nitrogens with zero attached hydrogens (tertiary/aromatic N) is 1. The fraction of sp³-hybridized carbons (Fsp3) is 1.00. The van der Waals surface area contributed by atoms with Crippen LogP contribution in [0.15, 0.2) is 0 Å². The van der Waals surface area contributed by atoms with E-state index in [1.807, 2.05) is 0 Å². The summed E-state index contributed by atoms with van der Waals surface area (Å²) in [6.45, 7) is 16.8. The molecule has 0 spiro atoms. The molecule has 0 aromatic carbocycles. The predicted octanol–water partition coefficient (Wildman–Crippen LogP) is 3.15. The molecule has 1 aliphatic heterocycles. The van der Waals surface area contributed by atoms with Gasteiger partial charge < -0.3 is 15.0 Å². The Kier molecular flexibility index (Phi) is 6.96. The van der Waals surface area contributed by atoms with E-state index in [1.165, 1.54) is 25.8 Å². The van der Waals surface area contributed by atoms with E-state index < -0.39 is 0 Å². The summed E-state index contributed by atoms with van der Waals surface area (Å²) in [5, 5.41) is 3.67. The van der Waals surface area contributed by atoms with Crippen molar-refractivity contribution in [1.29, 1.82) is 0 Å². The molecule has 0 aromatic heterocycles. The van der Waals surface area contributed by atoms with E-state index >= 15 is 0 Å². The molecule has 0 amide bonds. The van der Waals surface area contributed by atoms with Gasteiger partial charge >= 0.3 is 0 Å². The van der Waals surface area contributed by atoms with Crippen LogP contribution >= 0.6 is 0 Å². The summed E-state index contributed by atoms with van der Waals surface area (Å²) in [5.41, 5.74) is 0.545. The average molecular weight is 284 g/mol. The first-order chi connectivity index (χ1) is 9.24. The fourth-order valence-electron chi connectivity index (χ4n) is 2.88. The van der Waals surface area contributed by atoms with Gasteiger partial charge in [-0.3, -0.25) is 0 Å². The highest BCUT2D eigenvalue weighted by Gasteiger charge is 2.27. The van der Waals surface area contributed by atoms with Crippen molar-refractivity contribution in [2.45, 2.75) is 59.4 Å². The molecular formula is C17H36N2O. The molecule has 0 radical (unpaired) electrons. The number of rotatable bonds is 7. The van der Waals surface area contributed by atoms with Crippen LogP contribution < -0.4 is 5.32 Å². The quantitative estimate of drug-likeness (QED) is 0.777. The molecule has 1 rings (SSSR count). The first-order valence-corrected chi connectivity index (χ1v) is 8.25. The van der Waals surface area contributed by atoms with Gasteiger partial charge in [-0.15, -0.1) is 0 Å². The molecular weight excluding hydrogens is 248 g/mol. The molecule has 1 saturated heterocycles. The molecule has 2 unspecified atom stereocenters. The van der Waals surface area contributed by atoms with Crippen molar-refractivity contribution < 1.29 is 4.74 Å². The SMILES string of the molecule is CCC(C)(CNC(C)(C)C)CN(C)CC1CCCOC1. The van der Waals surface area contributed by atoms with Crippen molar-refractivity contribution in [3.8, 4) is 0 Å². The van der Waals surface area contributed by atoms with Crippen LogP contribution in [0.1, 0.15) is 53.9 Å². The average Bonchev–Trinajstić information content (AvgIpc) is 2.37. The zero-order valence-corrected chi connectivity index (χ0v) is 14.6. The molecule has 1 fully saturated rings. The first-order valence-electron chi connectivity index (χ1n) is 8.25. The van der Waals surface area contributed by atoms with Crippen LogP contribution in [0, 0.1) is 11.3 Å². The monoisotopic (exact) mass is 284 g/mol. The molecule has 2 atom stereocenters. The predicted molar refractivity (Wildman–Crippen MR) is 87.2 cm³/mol. The van der Waals surface area contributed by atoms with Gasteiger partial charge in [-0.05, 0) is 58.4 Å². The lowest BCUT2D eigenvalue weighted by Gasteiger charge is -2.37. The van der Waals surface area contributed by atoms with Crippen molar-refractivity contribution >= 4 is 0 Å².